The van der Waals surface area contributed by atoms with Crippen LogP contribution in [0.5, 0.6) is 5.75 Å². The van der Waals surface area contributed by atoms with E-state index in [0.29, 0.717) is 18.3 Å². The molecule has 1 aliphatic rings. The molecule has 0 saturated heterocycles. The highest BCUT2D eigenvalue weighted by Gasteiger charge is 2.24. The molecule has 5 nitrogen and oxygen atoms in total. The van der Waals surface area contributed by atoms with Crippen molar-refractivity contribution in [2.75, 3.05) is 11.9 Å². The first-order chi connectivity index (χ1) is 10.7. The Balaban J connectivity index is 1.67. The van der Waals surface area contributed by atoms with Gasteiger partial charge in [-0.1, -0.05) is 0 Å². The van der Waals surface area contributed by atoms with Gasteiger partial charge in [-0.15, -0.1) is 0 Å². The van der Waals surface area contributed by atoms with Crippen LogP contribution in [-0.2, 0) is 0 Å². The van der Waals surface area contributed by atoms with E-state index in [9.17, 15) is 4.79 Å². The smallest absolute Gasteiger partial charge is 0.270 e. The van der Waals surface area contributed by atoms with Gasteiger partial charge in [-0.3, -0.25) is 9.78 Å². The molecule has 114 valence electrons. The van der Waals surface area contributed by atoms with E-state index in [0.717, 1.165) is 30.0 Å². The number of nitrogens with zero attached hydrogens (tertiary/aromatic N) is 1. The molecule has 2 aromatic rings. The molecule has 0 radical (unpaired) electrons. The molecular weight excluding hydrogens is 278 g/mol. The van der Waals surface area contributed by atoms with E-state index in [1.807, 2.05) is 37.3 Å². The summed E-state index contributed by atoms with van der Waals surface area (Å²) in [6.45, 7) is 2.61. The lowest BCUT2D eigenvalue weighted by Gasteiger charge is -2.09. The van der Waals surface area contributed by atoms with Crippen LogP contribution in [0, 0.1) is 0 Å². The van der Waals surface area contributed by atoms with Gasteiger partial charge in [-0.05, 0) is 56.2 Å². The van der Waals surface area contributed by atoms with Crippen molar-refractivity contribution in [2.45, 2.75) is 25.8 Å². The molecule has 0 bridgehead atoms. The first-order valence-electron chi connectivity index (χ1n) is 7.51. The highest BCUT2D eigenvalue weighted by Crippen LogP contribution is 2.21. The Morgan fingerprint density at radius 2 is 2.00 bits per heavy atom. The zero-order valence-corrected chi connectivity index (χ0v) is 12.5. The molecule has 1 aromatic heterocycles. The average molecular weight is 297 g/mol. The predicted octanol–water partition coefficient (Wildman–Crippen LogP) is 3.12. The number of nitrogens with one attached hydrogen (secondary N) is 2. The second-order valence-corrected chi connectivity index (χ2v) is 5.26. The molecule has 0 aliphatic heterocycles. The fourth-order valence-corrected chi connectivity index (χ4v) is 2.09. The molecule has 1 aliphatic carbocycles. The van der Waals surface area contributed by atoms with Crippen LogP contribution < -0.4 is 15.4 Å². The molecule has 5 heteroatoms. The zero-order chi connectivity index (χ0) is 15.4. The number of aromatic nitrogens is 1. The number of carbonyl (C=O) groups is 1. The number of ether oxygens (including phenoxy) is 1. The molecule has 1 amide bonds. The summed E-state index contributed by atoms with van der Waals surface area (Å²) >= 11 is 0. The summed E-state index contributed by atoms with van der Waals surface area (Å²) in [5.41, 5.74) is 2.20. The van der Waals surface area contributed by atoms with Crippen LogP contribution in [0.25, 0.3) is 0 Å². The lowest BCUT2D eigenvalue weighted by molar-refractivity contribution is 0.0946. The molecule has 1 aromatic carbocycles. The van der Waals surface area contributed by atoms with Crippen LogP contribution in [0.3, 0.4) is 0 Å². The van der Waals surface area contributed by atoms with Crippen molar-refractivity contribution in [3.05, 3.63) is 48.3 Å². The number of carbonyl (C=O) groups excluding carboxylic acids is 1. The maximum atomic E-state index is 12.0. The van der Waals surface area contributed by atoms with Crippen LogP contribution in [0.15, 0.2) is 42.6 Å². The number of amides is 1. The molecule has 3 rings (SSSR count). The predicted molar refractivity (Wildman–Crippen MR) is 85.6 cm³/mol. The van der Waals surface area contributed by atoms with Gasteiger partial charge in [0, 0.05) is 23.6 Å². The third-order valence-corrected chi connectivity index (χ3v) is 3.36. The van der Waals surface area contributed by atoms with Crippen molar-refractivity contribution >= 4 is 17.3 Å². The standard InChI is InChI=1S/C17H19N3O2/c1-2-22-15-7-5-12(6-8-15)19-14-9-10-18-16(11-14)17(21)20-13-3-4-13/h5-11,13H,2-4H2,1H3,(H,18,19)(H,20,21). The van der Waals surface area contributed by atoms with Gasteiger partial charge in [0.05, 0.1) is 6.61 Å². The fraction of sp³-hybridized carbons (Fsp3) is 0.294. The number of rotatable bonds is 6. The van der Waals surface area contributed by atoms with Crippen molar-refractivity contribution in [3.8, 4) is 5.75 Å². The molecule has 22 heavy (non-hydrogen) atoms. The minimum Gasteiger partial charge on any atom is -0.494 e. The summed E-state index contributed by atoms with van der Waals surface area (Å²) in [5, 5.41) is 6.20. The zero-order valence-electron chi connectivity index (χ0n) is 12.5. The van der Waals surface area contributed by atoms with E-state index in [1.54, 1.807) is 12.3 Å². The van der Waals surface area contributed by atoms with Gasteiger partial charge in [0.15, 0.2) is 0 Å². The van der Waals surface area contributed by atoms with Crippen LogP contribution in [0.2, 0.25) is 0 Å². The number of hydrogen-bond acceptors (Lipinski definition) is 4. The van der Waals surface area contributed by atoms with Crippen molar-refractivity contribution in [1.82, 2.24) is 10.3 Å². The summed E-state index contributed by atoms with van der Waals surface area (Å²) in [4.78, 5) is 16.1. The van der Waals surface area contributed by atoms with Crippen LogP contribution in [0.4, 0.5) is 11.4 Å². The molecule has 0 unspecified atom stereocenters. The van der Waals surface area contributed by atoms with E-state index in [-0.39, 0.29) is 5.91 Å². The lowest BCUT2D eigenvalue weighted by atomic mass is 10.2. The third-order valence-electron chi connectivity index (χ3n) is 3.36. The van der Waals surface area contributed by atoms with Crippen LogP contribution in [0.1, 0.15) is 30.3 Å². The third kappa shape index (κ3) is 3.75. The maximum absolute atomic E-state index is 12.0. The minimum absolute atomic E-state index is 0.113. The molecule has 0 spiro atoms. The Bertz CT molecular complexity index is 651. The summed E-state index contributed by atoms with van der Waals surface area (Å²) in [6.07, 6.45) is 3.77. The van der Waals surface area contributed by atoms with Gasteiger partial charge in [0.1, 0.15) is 11.4 Å². The average Bonchev–Trinajstić information content (AvgIpc) is 3.34. The van der Waals surface area contributed by atoms with Gasteiger partial charge in [0.25, 0.3) is 5.91 Å². The van der Waals surface area contributed by atoms with Crippen molar-refractivity contribution in [1.29, 1.82) is 0 Å². The highest BCUT2D eigenvalue weighted by atomic mass is 16.5. The largest absolute Gasteiger partial charge is 0.494 e. The minimum atomic E-state index is -0.113. The Kier molecular flexibility index (Phi) is 4.23. The van der Waals surface area contributed by atoms with E-state index in [1.165, 1.54) is 0 Å². The Labute approximate surface area is 129 Å². The van der Waals surface area contributed by atoms with E-state index < -0.39 is 0 Å². The van der Waals surface area contributed by atoms with Gasteiger partial charge < -0.3 is 15.4 Å². The van der Waals surface area contributed by atoms with Crippen LogP contribution >= 0.6 is 0 Å². The van der Waals surface area contributed by atoms with Gasteiger partial charge in [-0.25, -0.2) is 0 Å². The van der Waals surface area contributed by atoms with Crippen molar-refractivity contribution in [2.24, 2.45) is 0 Å². The second kappa shape index (κ2) is 6.47. The topological polar surface area (TPSA) is 63.2 Å². The molecule has 1 heterocycles. The molecule has 0 atom stereocenters. The van der Waals surface area contributed by atoms with Gasteiger partial charge in [-0.2, -0.15) is 0 Å². The van der Waals surface area contributed by atoms with E-state index in [2.05, 4.69) is 15.6 Å². The lowest BCUT2D eigenvalue weighted by Crippen LogP contribution is -2.26. The number of hydrogen-bond donors (Lipinski definition) is 2. The maximum Gasteiger partial charge on any atom is 0.270 e. The van der Waals surface area contributed by atoms with Crippen molar-refractivity contribution < 1.29 is 9.53 Å². The van der Waals surface area contributed by atoms with E-state index in [4.69, 9.17) is 4.74 Å². The SMILES string of the molecule is CCOc1ccc(Nc2ccnc(C(=O)NC3CC3)c2)cc1. The Morgan fingerprint density at radius 3 is 2.68 bits per heavy atom. The summed E-state index contributed by atoms with van der Waals surface area (Å²) in [6, 6.07) is 11.6. The van der Waals surface area contributed by atoms with Gasteiger partial charge in [0.2, 0.25) is 0 Å². The molecular formula is C17H19N3O2. The van der Waals surface area contributed by atoms with Crippen molar-refractivity contribution in [3.63, 3.8) is 0 Å². The Morgan fingerprint density at radius 1 is 1.23 bits per heavy atom. The van der Waals surface area contributed by atoms with Gasteiger partial charge >= 0.3 is 0 Å². The first kappa shape index (κ1) is 14.4. The molecule has 1 fully saturated rings. The number of pyridine rings is 1. The molecule has 2 N–H and O–H groups in total. The monoisotopic (exact) mass is 297 g/mol. The first-order valence-corrected chi connectivity index (χ1v) is 7.51. The van der Waals surface area contributed by atoms with Crippen LogP contribution in [-0.4, -0.2) is 23.5 Å². The highest BCUT2D eigenvalue weighted by molar-refractivity contribution is 5.93. The summed E-state index contributed by atoms with van der Waals surface area (Å²) in [7, 11) is 0. The Hall–Kier alpha value is -2.56. The number of benzene rings is 1. The summed E-state index contributed by atoms with van der Waals surface area (Å²) in [5.74, 6) is 0.727. The number of anilines is 2. The molecule has 1 saturated carbocycles. The quantitative estimate of drug-likeness (QED) is 0.860. The second-order valence-electron chi connectivity index (χ2n) is 5.26. The van der Waals surface area contributed by atoms with E-state index >= 15 is 0 Å². The summed E-state index contributed by atoms with van der Waals surface area (Å²) < 4.78 is 5.41. The normalized spacial score (nSPS) is 13.5. The fourth-order valence-electron chi connectivity index (χ4n) is 2.09.